The molecule has 3 rings (SSSR count). The molecule has 0 bridgehead atoms. The number of methoxy groups -OCH3 is 1. The lowest BCUT2D eigenvalue weighted by molar-refractivity contribution is -0.141. The third-order valence-corrected chi connectivity index (χ3v) is 4.11. The molecule has 1 aliphatic heterocycles. The average molecular weight is 313 g/mol. The van der Waals surface area contributed by atoms with Gasteiger partial charge in [0.1, 0.15) is 17.9 Å². The number of ether oxygens (including phenoxy) is 1. The maximum absolute atomic E-state index is 11.2. The Hall–Kier alpha value is -2.63. The zero-order valence-electron chi connectivity index (χ0n) is 13.0. The van der Waals surface area contributed by atoms with Crippen LogP contribution in [0.2, 0.25) is 0 Å². The van der Waals surface area contributed by atoms with Crippen LogP contribution in [0, 0.1) is 5.92 Å². The van der Waals surface area contributed by atoms with Crippen molar-refractivity contribution in [2.24, 2.45) is 5.92 Å². The summed E-state index contributed by atoms with van der Waals surface area (Å²) in [4.78, 5) is 21.9. The van der Waals surface area contributed by atoms with E-state index in [2.05, 4.69) is 9.97 Å². The molecule has 1 aromatic carbocycles. The van der Waals surface area contributed by atoms with Crippen LogP contribution in [0.1, 0.15) is 12.8 Å². The Bertz CT molecular complexity index is 705. The molecule has 23 heavy (non-hydrogen) atoms. The van der Waals surface area contributed by atoms with Crippen LogP contribution in [0.25, 0.3) is 11.3 Å². The van der Waals surface area contributed by atoms with Crippen molar-refractivity contribution in [3.63, 3.8) is 0 Å². The Morgan fingerprint density at radius 1 is 1.35 bits per heavy atom. The number of rotatable bonds is 4. The molecule has 120 valence electrons. The zero-order chi connectivity index (χ0) is 16.2. The van der Waals surface area contributed by atoms with E-state index in [9.17, 15) is 9.90 Å². The van der Waals surface area contributed by atoms with Crippen LogP contribution in [0.15, 0.2) is 36.7 Å². The van der Waals surface area contributed by atoms with E-state index in [1.54, 1.807) is 7.11 Å². The number of carboxylic acids is 1. The molecule has 0 spiro atoms. The van der Waals surface area contributed by atoms with E-state index in [-0.39, 0.29) is 5.92 Å². The van der Waals surface area contributed by atoms with E-state index in [1.165, 1.54) is 6.33 Å². The number of carboxylic acid groups (broad SMARTS) is 1. The number of benzene rings is 1. The monoisotopic (exact) mass is 313 g/mol. The van der Waals surface area contributed by atoms with Gasteiger partial charge in [0.2, 0.25) is 0 Å². The topological polar surface area (TPSA) is 75.5 Å². The first-order valence-electron chi connectivity index (χ1n) is 7.61. The van der Waals surface area contributed by atoms with Crippen molar-refractivity contribution in [1.29, 1.82) is 0 Å². The van der Waals surface area contributed by atoms with Crippen LogP contribution in [0.5, 0.6) is 5.75 Å². The zero-order valence-corrected chi connectivity index (χ0v) is 13.0. The molecule has 1 atom stereocenters. The van der Waals surface area contributed by atoms with Gasteiger partial charge in [0.25, 0.3) is 0 Å². The quantitative estimate of drug-likeness (QED) is 0.934. The van der Waals surface area contributed by atoms with Crippen LogP contribution >= 0.6 is 0 Å². The van der Waals surface area contributed by atoms with Crippen LogP contribution in [0.4, 0.5) is 5.82 Å². The molecule has 6 nitrogen and oxygen atoms in total. The Kier molecular flexibility index (Phi) is 4.41. The minimum Gasteiger partial charge on any atom is -0.497 e. The molecule has 0 amide bonds. The fourth-order valence-corrected chi connectivity index (χ4v) is 2.85. The highest BCUT2D eigenvalue weighted by atomic mass is 16.5. The molecule has 1 aromatic heterocycles. The second-order valence-electron chi connectivity index (χ2n) is 5.62. The molecule has 2 heterocycles. The molecular formula is C17H19N3O3. The molecule has 1 aliphatic rings. The maximum Gasteiger partial charge on any atom is 0.308 e. The van der Waals surface area contributed by atoms with Crippen molar-refractivity contribution in [3.05, 3.63) is 36.7 Å². The number of hydrogen-bond acceptors (Lipinski definition) is 5. The molecule has 6 heteroatoms. The average Bonchev–Trinajstić information content (AvgIpc) is 2.62. The first-order chi connectivity index (χ1) is 11.2. The van der Waals surface area contributed by atoms with Gasteiger partial charge in [-0.25, -0.2) is 9.97 Å². The summed E-state index contributed by atoms with van der Waals surface area (Å²) in [5, 5.41) is 9.22. The lowest BCUT2D eigenvalue weighted by Gasteiger charge is -2.31. The normalized spacial score (nSPS) is 17.8. The summed E-state index contributed by atoms with van der Waals surface area (Å²) >= 11 is 0. The Balaban J connectivity index is 1.86. The molecular weight excluding hydrogens is 294 g/mol. The molecule has 0 radical (unpaired) electrons. The van der Waals surface area contributed by atoms with Crippen LogP contribution < -0.4 is 9.64 Å². The number of anilines is 1. The first kappa shape index (κ1) is 15.3. The second kappa shape index (κ2) is 6.64. The minimum absolute atomic E-state index is 0.334. The van der Waals surface area contributed by atoms with Gasteiger partial charge in [-0.3, -0.25) is 4.79 Å². The Morgan fingerprint density at radius 2 is 2.22 bits per heavy atom. The van der Waals surface area contributed by atoms with E-state index in [0.717, 1.165) is 42.2 Å². The summed E-state index contributed by atoms with van der Waals surface area (Å²) in [6, 6.07) is 9.58. The van der Waals surface area contributed by atoms with E-state index in [4.69, 9.17) is 4.74 Å². The van der Waals surface area contributed by atoms with Crippen LogP contribution in [-0.2, 0) is 4.79 Å². The highest BCUT2D eigenvalue weighted by Gasteiger charge is 2.26. The molecule has 0 aliphatic carbocycles. The summed E-state index contributed by atoms with van der Waals surface area (Å²) < 4.78 is 5.24. The van der Waals surface area contributed by atoms with Gasteiger partial charge in [-0.2, -0.15) is 0 Å². The van der Waals surface area contributed by atoms with Gasteiger partial charge in [0.05, 0.1) is 18.7 Å². The number of carbonyl (C=O) groups is 1. The summed E-state index contributed by atoms with van der Waals surface area (Å²) in [6.07, 6.45) is 3.10. The van der Waals surface area contributed by atoms with Crippen molar-refractivity contribution in [3.8, 4) is 17.0 Å². The standard InChI is InChI=1S/C17H19N3O3/c1-23-14-6-2-4-12(8-14)15-9-16(19-11-18-15)20-7-3-5-13(10-20)17(21)22/h2,4,6,8-9,11,13H,3,5,7,10H2,1H3,(H,21,22). The van der Waals surface area contributed by atoms with Gasteiger partial charge in [-0.15, -0.1) is 0 Å². The lowest BCUT2D eigenvalue weighted by Crippen LogP contribution is -2.39. The highest BCUT2D eigenvalue weighted by Crippen LogP contribution is 2.26. The number of aromatic nitrogens is 2. The van der Waals surface area contributed by atoms with Gasteiger partial charge < -0.3 is 14.7 Å². The SMILES string of the molecule is COc1cccc(-c2cc(N3CCCC(C(=O)O)C3)ncn2)c1. The largest absolute Gasteiger partial charge is 0.497 e. The predicted octanol–water partition coefficient (Wildman–Crippen LogP) is 2.45. The maximum atomic E-state index is 11.2. The number of piperidine rings is 1. The molecule has 1 unspecified atom stereocenters. The van der Waals surface area contributed by atoms with Gasteiger partial charge in [-0.1, -0.05) is 12.1 Å². The van der Waals surface area contributed by atoms with Crippen molar-refractivity contribution in [2.75, 3.05) is 25.1 Å². The van der Waals surface area contributed by atoms with E-state index >= 15 is 0 Å². The van der Waals surface area contributed by atoms with Crippen molar-refractivity contribution < 1.29 is 14.6 Å². The molecule has 2 aromatic rings. The number of hydrogen-bond donors (Lipinski definition) is 1. The number of nitrogens with zero attached hydrogens (tertiary/aromatic N) is 3. The molecule has 1 fully saturated rings. The van der Waals surface area contributed by atoms with Gasteiger partial charge in [-0.05, 0) is 25.0 Å². The fourth-order valence-electron chi connectivity index (χ4n) is 2.85. The van der Waals surface area contributed by atoms with Crippen LogP contribution in [0.3, 0.4) is 0 Å². The predicted molar refractivity (Wildman–Crippen MR) is 86.6 cm³/mol. The van der Waals surface area contributed by atoms with E-state index in [1.807, 2.05) is 35.2 Å². The van der Waals surface area contributed by atoms with Crippen molar-refractivity contribution in [1.82, 2.24) is 9.97 Å². The van der Waals surface area contributed by atoms with E-state index < -0.39 is 5.97 Å². The third-order valence-electron chi connectivity index (χ3n) is 4.11. The summed E-state index contributed by atoms with van der Waals surface area (Å²) in [5.41, 5.74) is 1.74. The van der Waals surface area contributed by atoms with Crippen molar-refractivity contribution in [2.45, 2.75) is 12.8 Å². The molecule has 0 saturated carbocycles. The molecule has 1 N–H and O–H groups in total. The second-order valence-corrected chi connectivity index (χ2v) is 5.62. The Labute approximate surface area is 134 Å². The summed E-state index contributed by atoms with van der Waals surface area (Å²) in [5.74, 6) is 0.464. The summed E-state index contributed by atoms with van der Waals surface area (Å²) in [7, 11) is 1.63. The smallest absolute Gasteiger partial charge is 0.308 e. The number of aliphatic carboxylic acids is 1. The first-order valence-corrected chi connectivity index (χ1v) is 7.61. The van der Waals surface area contributed by atoms with Crippen molar-refractivity contribution >= 4 is 11.8 Å². The highest BCUT2D eigenvalue weighted by molar-refractivity contribution is 5.71. The van der Waals surface area contributed by atoms with E-state index in [0.29, 0.717) is 6.54 Å². The summed E-state index contributed by atoms with van der Waals surface area (Å²) in [6.45, 7) is 1.31. The van der Waals surface area contributed by atoms with Crippen LogP contribution in [-0.4, -0.2) is 41.2 Å². The molecule has 1 saturated heterocycles. The Morgan fingerprint density at radius 3 is 3.00 bits per heavy atom. The van der Waals surface area contributed by atoms with Gasteiger partial charge in [0, 0.05) is 24.7 Å². The third kappa shape index (κ3) is 3.41. The fraction of sp³-hybridized carbons (Fsp3) is 0.353. The van der Waals surface area contributed by atoms with Gasteiger partial charge >= 0.3 is 5.97 Å². The minimum atomic E-state index is -0.739. The van der Waals surface area contributed by atoms with Gasteiger partial charge in [0.15, 0.2) is 0 Å². The lowest BCUT2D eigenvalue weighted by atomic mass is 9.98.